The zero-order valence-electron chi connectivity index (χ0n) is 11.0. The number of nitrogens with zero attached hydrogens (tertiary/aromatic N) is 4. The quantitative estimate of drug-likeness (QED) is 0.607. The highest BCUT2D eigenvalue weighted by molar-refractivity contribution is 9.12. The molecule has 0 saturated heterocycles. The molecule has 2 atom stereocenters. The van der Waals surface area contributed by atoms with E-state index in [1.54, 1.807) is 0 Å². The van der Waals surface area contributed by atoms with Crippen molar-refractivity contribution in [1.29, 1.82) is 0 Å². The molecule has 4 nitrogen and oxygen atoms in total. The van der Waals surface area contributed by atoms with Gasteiger partial charge < -0.3 is 0 Å². The first-order chi connectivity index (χ1) is 10.3. The average molecular weight is 408 g/mol. The molecule has 0 aliphatic carbocycles. The normalized spacial score (nSPS) is 13.8. The number of benzene rings is 2. The van der Waals surface area contributed by atoms with Crippen LogP contribution < -0.4 is 0 Å². The predicted octanol–water partition coefficient (Wildman–Crippen LogP) is 4.23. The Morgan fingerprint density at radius 2 is 1.43 bits per heavy atom. The van der Waals surface area contributed by atoms with E-state index in [2.05, 4.69) is 59.4 Å². The van der Waals surface area contributed by atoms with Crippen LogP contribution in [0.5, 0.6) is 0 Å². The summed E-state index contributed by atoms with van der Waals surface area (Å²) in [7, 11) is 0. The summed E-state index contributed by atoms with van der Waals surface area (Å²) in [5.74, 6) is 0.643. The molecule has 6 heteroatoms. The number of alkyl halides is 2. The van der Waals surface area contributed by atoms with Gasteiger partial charge in [0.25, 0.3) is 0 Å². The largest absolute Gasteiger partial charge is 0.190 e. The summed E-state index contributed by atoms with van der Waals surface area (Å²) in [5, 5.41) is 12.7. The maximum atomic E-state index is 4.44. The van der Waals surface area contributed by atoms with Gasteiger partial charge in [-0.3, -0.25) is 0 Å². The minimum Gasteiger partial charge on any atom is -0.131 e. The van der Waals surface area contributed by atoms with E-state index < -0.39 is 0 Å². The summed E-state index contributed by atoms with van der Waals surface area (Å²) in [6.07, 6.45) is 0. The molecule has 1 aromatic heterocycles. The van der Waals surface area contributed by atoms with Gasteiger partial charge in [0.05, 0.1) is 15.3 Å². The minimum absolute atomic E-state index is 0.0580. The van der Waals surface area contributed by atoms with Gasteiger partial charge in [0, 0.05) is 0 Å². The Labute approximate surface area is 139 Å². The smallest absolute Gasteiger partial charge is 0.131 e. The zero-order valence-corrected chi connectivity index (χ0v) is 14.1. The van der Waals surface area contributed by atoms with Crippen molar-refractivity contribution in [3.63, 3.8) is 0 Å². The summed E-state index contributed by atoms with van der Waals surface area (Å²) < 4.78 is 0. The fourth-order valence-corrected chi connectivity index (χ4v) is 2.97. The van der Waals surface area contributed by atoms with Crippen LogP contribution >= 0.6 is 31.9 Å². The highest BCUT2D eigenvalue weighted by Gasteiger charge is 2.24. The Kier molecular flexibility index (Phi) is 4.45. The van der Waals surface area contributed by atoms with Gasteiger partial charge in [-0.25, -0.2) is 0 Å². The van der Waals surface area contributed by atoms with Crippen LogP contribution in [0.3, 0.4) is 0 Å². The number of rotatable bonds is 4. The second-order valence-electron chi connectivity index (χ2n) is 4.49. The van der Waals surface area contributed by atoms with E-state index in [1.165, 1.54) is 4.80 Å². The first kappa shape index (κ1) is 14.4. The number of aromatic nitrogens is 4. The van der Waals surface area contributed by atoms with E-state index in [-0.39, 0.29) is 9.65 Å². The van der Waals surface area contributed by atoms with Gasteiger partial charge >= 0.3 is 0 Å². The SMILES string of the molecule is BrC(c1ccccc1)C(Br)c1nnn(-c2ccccc2)n1. The molecule has 3 rings (SSSR count). The molecular formula is C15H12Br2N4. The molecule has 2 aromatic carbocycles. The van der Waals surface area contributed by atoms with Crippen molar-refractivity contribution in [2.75, 3.05) is 0 Å². The molecule has 0 aliphatic rings. The Morgan fingerprint density at radius 1 is 0.810 bits per heavy atom. The van der Waals surface area contributed by atoms with Gasteiger partial charge in [0.15, 0.2) is 5.82 Å². The molecule has 0 N–H and O–H groups in total. The average Bonchev–Trinajstić information content (AvgIpc) is 3.05. The van der Waals surface area contributed by atoms with Crippen LogP contribution in [0.25, 0.3) is 5.69 Å². The van der Waals surface area contributed by atoms with E-state index in [0.29, 0.717) is 5.82 Å². The molecule has 21 heavy (non-hydrogen) atoms. The first-order valence-electron chi connectivity index (χ1n) is 6.44. The lowest BCUT2D eigenvalue weighted by molar-refractivity contribution is 0.716. The van der Waals surface area contributed by atoms with Crippen LogP contribution in [-0.4, -0.2) is 20.2 Å². The fraction of sp³-hybridized carbons (Fsp3) is 0.133. The van der Waals surface area contributed by atoms with Crippen molar-refractivity contribution in [3.8, 4) is 5.69 Å². The molecule has 0 fully saturated rings. The third kappa shape index (κ3) is 3.22. The highest BCUT2D eigenvalue weighted by atomic mass is 79.9. The summed E-state index contributed by atoms with van der Waals surface area (Å²) in [6.45, 7) is 0. The van der Waals surface area contributed by atoms with Gasteiger partial charge in [-0.05, 0) is 22.9 Å². The molecule has 0 radical (unpaired) electrons. The summed E-state index contributed by atoms with van der Waals surface area (Å²) in [5.41, 5.74) is 2.05. The second-order valence-corrected chi connectivity index (χ2v) is 6.46. The van der Waals surface area contributed by atoms with Crippen LogP contribution in [-0.2, 0) is 0 Å². The number of para-hydroxylation sites is 1. The minimum atomic E-state index is -0.0580. The second kappa shape index (κ2) is 6.49. The number of hydrogen-bond acceptors (Lipinski definition) is 3. The lowest BCUT2D eigenvalue weighted by Gasteiger charge is -2.13. The van der Waals surface area contributed by atoms with Crippen molar-refractivity contribution >= 4 is 31.9 Å². The third-order valence-corrected chi connectivity index (χ3v) is 5.74. The molecule has 0 saturated carbocycles. The molecule has 0 amide bonds. The first-order valence-corrected chi connectivity index (χ1v) is 8.27. The molecule has 0 bridgehead atoms. The van der Waals surface area contributed by atoms with Crippen molar-refractivity contribution in [2.45, 2.75) is 9.65 Å². The van der Waals surface area contributed by atoms with Crippen LogP contribution in [0.1, 0.15) is 21.0 Å². The number of tetrazole rings is 1. The van der Waals surface area contributed by atoms with Crippen LogP contribution in [0, 0.1) is 0 Å². The van der Waals surface area contributed by atoms with E-state index in [9.17, 15) is 0 Å². The molecule has 106 valence electrons. The van der Waals surface area contributed by atoms with E-state index in [0.717, 1.165) is 11.3 Å². The van der Waals surface area contributed by atoms with Gasteiger partial charge in [-0.2, -0.15) is 0 Å². The van der Waals surface area contributed by atoms with Crippen molar-refractivity contribution in [1.82, 2.24) is 20.2 Å². The van der Waals surface area contributed by atoms with Crippen molar-refractivity contribution in [2.24, 2.45) is 0 Å². The maximum Gasteiger partial charge on any atom is 0.190 e. The number of hydrogen-bond donors (Lipinski definition) is 0. The van der Waals surface area contributed by atoms with Gasteiger partial charge in [0.1, 0.15) is 0 Å². The van der Waals surface area contributed by atoms with Gasteiger partial charge in [-0.15, -0.1) is 15.0 Å². The van der Waals surface area contributed by atoms with Crippen LogP contribution in [0.2, 0.25) is 0 Å². The lowest BCUT2D eigenvalue weighted by atomic mass is 10.1. The molecule has 1 heterocycles. The summed E-state index contributed by atoms with van der Waals surface area (Å²) in [6, 6.07) is 19.9. The maximum absolute atomic E-state index is 4.44. The summed E-state index contributed by atoms with van der Waals surface area (Å²) in [4.78, 5) is 1.55. The Morgan fingerprint density at radius 3 is 2.10 bits per heavy atom. The van der Waals surface area contributed by atoms with Crippen LogP contribution in [0.4, 0.5) is 0 Å². The van der Waals surface area contributed by atoms with Crippen molar-refractivity contribution < 1.29 is 0 Å². The fourth-order valence-electron chi connectivity index (χ4n) is 1.94. The topological polar surface area (TPSA) is 43.6 Å². The van der Waals surface area contributed by atoms with Crippen LogP contribution in [0.15, 0.2) is 60.7 Å². The Hall–Kier alpha value is -1.53. The molecule has 2 unspecified atom stereocenters. The monoisotopic (exact) mass is 406 g/mol. The number of halogens is 2. The third-order valence-electron chi connectivity index (χ3n) is 3.04. The zero-order chi connectivity index (χ0) is 14.7. The summed E-state index contributed by atoms with van der Waals surface area (Å²) >= 11 is 7.34. The standard InChI is InChI=1S/C15H12Br2N4/c16-13(11-7-3-1-4-8-11)14(17)15-18-20-21(19-15)12-9-5-2-6-10-12/h1-10,13-14H. The lowest BCUT2D eigenvalue weighted by Crippen LogP contribution is -2.03. The predicted molar refractivity (Wildman–Crippen MR) is 88.9 cm³/mol. The van der Waals surface area contributed by atoms with E-state index in [4.69, 9.17) is 0 Å². The Bertz CT molecular complexity index is 700. The molecule has 0 spiro atoms. The molecule has 0 aliphatic heterocycles. The molecule has 3 aromatic rings. The van der Waals surface area contributed by atoms with Gasteiger partial charge in [-0.1, -0.05) is 80.4 Å². The van der Waals surface area contributed by atoms with Gasteiger partial charge in [0.2, 0.25) is 0 Å². The van der Waals surface area contributed by atoms with E-state index >= 15 is 0 Å². The molecular weight excluding hydrogens is 396 g/mol. The van der Waals surface area contributed by atoms with E-state index in [1.807, 2.05) is 48.5 Å². The van der Waals surface area contributed by atoms with Crippen molar-refractivity contribution in [3.05, 3.63) is 72.1 Å². The highest BCUT2D eigenvalue weighted by Crippen LogP contribution is 2.40. The Balaban J connectivity index is 1.83.